The summed E-state index contributed by atoms with van der Waals surface area (Å²) in [6, 6.07) is 0. The predicted octanol–water partition coefficient (Wildman–Crippen LogP) is 0.607. The van der Waals surface area contributed by atoms with Gasteiger partial charge in [-0.2, -0.15) is 0 Å². The lowest BCUT2D eigenvalue weighted by molar-refractivity contribution is 0.161. The third-order valence-electron chi connectivity index (χ3n) is 2.13. The predicted molar refractivity (Wildman–Crippen MR) is 48.6 cm³/mol. The second-order valence-electron chi connectivity index (χ2n) is 3.14. The Hall–Kier alpha value is -1.16. The van der Waals surface area contributed by atoms with Crippen molar-refractivity contribution in [1.82, 2.24) is 15.3 Å². The third kappa shape index (κ3) is 2.39. The van der Waals surface area contributed by atoms with Crippen LogP contribution in [0.4, 0.5) is 0 Å². The van der Waals surface area contributed by atoms with Gasteiger partial charge in [0.05, 0.1) is 12.4 Å². The van der Waals surface area contributed by atoms with Gasteiger partial charge in [-0.15, -0.1) is 0 Å². The van der Waals surface area contributed by atoms with E-state index in [1.54, 1.807) is 12.4 Å². The fraction of sp³-hybridized carbons (Fsp3) is 0.556. The highest BCUT2D eigenvalue weighted by atomic mass is 16.5. The Labute approximate surface area is 77.4 Å². The molecule has 0 unspecified atom stereocenters. The highest BCUT2D eigenvalue weighted by molar-refractivity contribution is 5.10. The zero-order valence-electron chi connectivity index (χ0n) is 7.44. The number of piperidine rings is 1. The number of nitrogens with zero attached hydrogens (tertiary/aromatic N) is 2. The fourth-order valence-corrected chi connectivity index (χ4v) is 1.45. The molecule has 0 spiro atoms. The van der Waals surface area contributed by atoms with Crippen molar-refractivity contribution in [2.45, 2.75) is 18.9 Å². The largest absolute Gasteiger partial charge is 0.487 e. The van der Waals surface area contributed by atoms with E-state index < -0.39 is 0 Å². The molecular formula is C9H13N3O. The van der Waals surface area contributed by atoms with Crippen LogP contribution in [0.3, 0.4) is 0 Å². The van der Waals surface area contributed by atoms with Crippen LogP contribution in [0.2, 0.25) is 0 Å². The molecule has 1 N–H and O–H groups in total. The van der Waals surface area contributed by atoms with Crippen molar-refractivity contribution in [2.24, 2.45) is 0 Å². The maximum absolute atomic E-state index is 5.69. The van der Waals surface area contributed by atoms with Crippen LogP contribution in [0.5, 0.6) is 5.75 Å². The van der Waals surface area contributed by atoms with E-state index in [0.29, 0.717) is 6.10 Å². The van der Waals surface area contributed by atoms with Crippen molar-refractivity contribution in [3.63, 3.8) is 0 Å². The van der Waals surface area contributed by atoms with Gasteiger partial charge in [0.15, 0.2) is 5.75 Å². The van der Waals surface area contributed by atoms with E-state index in [4.69, 9.17) is 4.74 Å². The first-order chi connectivity index (χ1) is 6.45. The molecule has 4 nitrogen and oxygen atoms in total. The standard InChI is InChI=1S/C9H13N3O/c1-3-10-4-2-8(1)13-9-5-11-7-12-6-9/h5-8,10H,1-4H2. The van der Waals surface area contributed by atoms with Crippen molar-refractivity contribution < 1.29 is 4.74 Å². The summed E-state index contributed by atoms with van der Waals surface area (Å²) >= 11 is 0. The Balaban J connectivity index is 1.90. The minimum atomic E-state index is 0.326. The molecule has 1 fully saturated rings. The van der Waals surface area contributed by atoms with Crippen LogP contribution in [-0.2, 0) is 0 Å². The SMILES string of the molecule is c1ncc(OC2CCNCC2)cn1. The van der Waals surface area contributed by atoms with Crippen LogP contribution >= 0.6 is 0 Å². The molecule has 1 aromatic rings. The van der Waals surface area contributed by atoms with E-state index in [1.807, 2.05) is 0 Å². The summed E-state index contributed by atoms with van der Waals surface area (Å²) in [4.78, 5) is 7.80. The quantitative estimate of drug-likeness (QED) is 0.722. The van der Waals surface area contributed by atoms with E-state index >= 15 is 0 Å². The molecule has 0 aromatic carbocycles. The summed E-state index contributed by atoms with van der Waals surface area (Å²) in [5.41, 5.74) is 0. The van der Waals surface area contributed by atoms with E-state index in [-0.39, 0.29) is 0 Å². The molecule has 0 radical (unpaired) electrons. The maximum atomic E-state index is 5.69. The first-order valence-corrected chi connectivity index (χ1v) is 4.57. The van der Waals surface area contributed by atoms with Crippen LogP contribution in [-0.4, -0.2) is 29.2 Å². The summed E-state index contributed by atoms with van der Waals surface area (Å²) < 4.78 is 5.69. The minimum absolute atomic E-state index is 0.326. The van der Waals surface area contributed by atoms with Crippen molar-refractivity contribution in [2.75, 3.05) is 13.1 Å². The van der Waals surface area contributed by atoms with E-state index in [2.05, 4.69) is 15.3 Å². The molecule has 13 heavy (non-hydrogen) atoms. The van der Waals surface area contributed by atoms with Gasteiger partial charge in [-0.3, -0.25) is 0 Å². The highest BCUT2D eigenvalue weighted by Gasteiger charge is 2.14. The fourth-order valence-electron chi connectivity index (χ4n) is 1.45. The van der Waals surface area contributed by atoms with Crippen molar-refractivity contribution in [3.05, 3.63) is 18.7 Å². The number of nitrogens with one attached hydrogen (secondary N) is 1. The first kappa shape index (κ1) is 8.44. The topological polar surface area (TPSA) is 47.0 Å². The van der Waals surface area contributed by atoms with Gasteiger partial charge in [-0.05, 0) is 25.9 Å². The Bertz CT molecular complexity index is 246. The lowest BCUT2D eigenvalue weighted by Crippen LogP contribution is -2.34. The van der Waals surface area contributed by atoms with Gasteiger partial charge in [0, 0.05) is 0 Å². The Morgan fingerprint density at radius 3 is 2.62 bits per heavy atom. The zero-order valence-corrected chi connectivity index (χ0v) is 7.44. The molecule has 4 heteroatoms. The summed E-state index contributed by atoms with van der Waals surface area (Å²) in [5.74, 6) is 0.773. The molecule has 1 aliphatic rings. The van der Waals surface area contributed by atoms with Gasteiger partial charge < -0.3 is 10.1 Å². The van der Waals surface area contributed by atoms with Gasteiger partial charge >= 0.3 is 0 Å². The summed E-state index contributed by atoms with van der Waals surface area (Å²) in [7, 11) is 0. The van der Waals surface area contributed by atoms with Gasteiger partial charge in [-0.1, -0.05) is 0 Å². The molecule has 2 rings (SSSR count). The summed E-state index contributed by atoms with van der Waals surface area (Å²) in [5, 5.41) is 3.29. The normalized spacial score (nSPS) is 18.5. The zero-order chi connectivity index (χ0) is 8.93. The number of aromatic nitrogens is 2. The van der Waals surface area contributed by atoms with Crippen LogP contribution in [0.15, 0.2) is 18.7 Å². The van der Waals surface area contributed by atoms with Gasteiger partial charge in [-0.25, -0.2) is 9.97 Å². The van der Waals surface area contributed by atoms with Gasteiger partial charge in [0.25, 0.3) is 0 Å². The Morgan fingerprint density at radius 1 is 1.23 bits per heavy atom. The molecule has 0 bridgehead atoms. The number of hydrogen-bond donors (Lipinski definition) is 1. The van der Waals surface area contributed by atoms with E-state index in [1.165, 1.54) is 6.33 Å². The lowest BCUT2D eigenvalue weighted by Gasteiger charge is -2.23. The molecule has 70 valence electrons. The molecular weight excluding hydrogens is 166 g/mol. The van der Waals surface area contributed by atoms with Crippen LogP contribution in [0.1, 0.15) is 12.8 Å². The second kappa shape index (κ2) is 4.18. The van der Waals surface area contributed by atoms with Crippen LogP contribution in [0.25, 0.3) is 0 Å². The van der Waals surface area contributed by atoms with Crippen molar-refractivity contribution >= 4 is 0 Å². The maximum Gasteiger partial charge on any atom is 0.156 e. The van der Waals surface area contributed by atoms with Crippen LogP contribution < -0.4 is 10.1 Å². The number of ether oxygens (including phenoxy) is 1. The van der Waals surface area contributed by atoms with E-state index in [0.717, 1.165) is 31.7 Å². The molecule has 1 aromatic heterocycles. The first-order valence-electron chi connectivity index (χ1n) is 4.57. The summed E-state index contributed by atoms with van der Waals surface area (Å²) in [6.07, 6.45) is 7.37. The smallest absolute Gasteiger partial charge is 0.156 e. The lowest BCUT2D eigenvalue weighted by atomic mass is 10.1. The highest BCUT2D eigenvalue weighted by Crippen LogP contribution is 2.13. The number of hydrogen-bond acceptors (Lipinski definition) is 4. The second-order valence-corrected chi connectivity index (χ2v) is 3.14. The molecule has 1 aliphatic heterocycles. The summed E-state index contributed by atoms with van der Waals surface area (Å²) in [6.45, 7) is 2.08. The van der Waals surface area contributed by atoms with Crippen LogP contribution in [0, 0.1) is 0 Å². The van der Waals surface area contributed by atoms with Crippen molar-refractivity contribution in [1.29, 1.82) is 0 Å². The molecule has 0 atom stereocenters. The monoisotopic (exact) mass is 179 g/mol. The molecule has 1 saturated heterocycles. The average molecular weight is 179 g/mol. The van der Waals surface area contributed by atoms with E-state index in [9.17, 15) is 0 Å². The van der Waals surface area contributed by atoms with Gasteiger partial charge in [0.2, 0.25) is 0 Å². The Morgan fingerprint density at radius 2 is 1.92 bits per heavy atom. The molecule has 0 aliphatic carbocycles. The molecule has 2 heterocycles. The minimum Gasteiger partial charge on any atom is -0.487 e. The third-order valence-corrected chi connectivity index (χ3v) is 2.13. The van der Waals surface area contributed by atoms with Gasteiger partial charge in [0.1, 0.15) is 12.4 Å². The van der Waals surface area contributed by atoms with Crippen molar-refractivity contribution in [3.8, 4) is 5.75 Å². The molecule has 0 saturated carbocycles. The Kier molecular flexibility index (Phi) is 2.72. The number of rotatable bonds is 2. The average Bonchev–Trinajstić information content (AvgIpc) is 2.21. The molecule has 0 amide bonds.